The second-order valence-electron chi connectivity index (χ2n) is 6.61. The number of rotatable bonds is 8. The molecule has 1 amide bonds. The predicted octanol–water partition coefficient (Wildman–Crippen LogP) is 4.04. The minimum Gasteiger partial charge on any atom is -0.481 e. The van der Waals surface area contributed by atoms with Crippen molar-refractivity contribution in [3.05, 3.63) is 71.5 Å². The highest BCUT2D eigenvalue weighted by Crippen LogP contribution is 2.21. The third kappa shape index (κ3) is 6.16. The summed E-state index contributed by atoms with van der Waals surface area (Å²) >= 11 is 5.95. The first-order valence-electron chi connectivity index (χ1n) is 9.42. The van der Waals surface area contributed by atoms with Gasteiger partial charge in [-0.2, -0.15) is 0 Å². The first-order chi connectivity index (χ1) is 14.8. The van der Waals surface area contributed by atoms with Crippen LogP contribution in [0.5, 0.6) is 5.75 Å². The van der Waals surface area contributed by atoms with Crippen molar-refractivity contribution in [2.75, 3.05) is 10.0 Å². The van der Waals surface area contributed by atoms with E-state index in [4.69, 9.17) is 16.3 Å². The number of benzene rings is 2. The molecule has 0 bridgehead atoms. The number of carbonyl (C=O) groups is 1. The van der Waals surface area contributed by atoms with Gasteiger partial charge < -0.3 is 10.1 Å². The van der Waals surface area contributed by atoms with Crippen LogP contribution in [0.3, 0.4) is 0 Å². The largest absolute Gasteiger partial charge is 0.481 e. The topological polar surface area (TPSA) is 110 Å². The number of hydrogen-bond acceptors (Lipinski definition) is 6. The van der Waals surface area contributed by atoms with Gasteiger partial charge in [0.1, 0.15) is 5.75 Å². The van der Waals surface area contributed by atoms with E-state index >= 15 is 0 Å². The first kappa shape index (κ1) is 22.5. The second-order valence-corrected chi connectivity index (χ2v) is 8.73. The van der Waals surface area contributed by atoms with Crippen LogP contribution >= 0.6 is 11.6 Å². The Hall–Kier alpha value is -3.17. The third-order valence-electron chi connectivity index (χ3n) is 4.19. The summed E-state index contributed by atoms with van der Waals surface area (Å²) in [6.45, 7) is 3.56. The molecular formula is C21H21ClN4O4S. The fourth-order valence-electron chi connectivity index (χ4n) is 2.64. The Balaban J connectivity index is 1.67. The molecule has 0 fully saturated rings. The van der Waals surface area contributed by atoms with Crippen LogP contribution in [0, 0.1) is 6.92 Å². The normalized spacial score (nSPS) is 12.1. The molecule has 0 saturated heterocycles. The van der Waals surface area contributed by atoms with Crippen molar-refractivity contribution in [2.45, 2.75) is 31.3 Å². The van der Waals surface area contributed by atoms with Gasteiger partial charge in [0, 0.05) is 22.6 Å². The molecule has 1 heterocycles. The molecule has 2 N–H and O–H groups in total. The van der Waals surface area contributed by atoms with Crippen molar-refractivity contribution >= 4 is 39.2 Å². The van der Waals surface area contributed by atoms with Crippen molar-refractivity contribution < 1.29 is 17.9 Å². The second kappa shape index (κ2) is 9.76. The number of amides is 1. The number of hydrogen-bond donors (Lipinski definition) is 2. The average Bonchev–Trinajstić information content (AvgIpc) is 2.72. The standard InChI is InChI=1S/C21H21ClN4O4S/c1-3-19(30-17-6-4-5-15(22)13-17)20(27)25-16-7-9-18(10-8-16)31(28,29)26-21-23-12-11-14(2)24-21/h4-13,19H,3H2,1-2H3,(H,25,27)(H,23,24,26). The Labute approximate surface area is 185 Å². The average molecular weight is 461 g/mol. The highest BCUT2D eigenvalue weighted by atomic mass is 35.5. The Morgan fingerprint density at radius 3 is 2.55 bits per heavy atom. The zero-order chi connectivity index (χ0) is 22.4. The van der Waals surface area contributed by atoms with Crippen molar-refractivity contribution in [3.63, 3.8) is 0 Å². The number of nitrogens with one attached hydrogen (secondary N) is 2. The Kier molecular flexibility index (Phi) is 7.09. The maximum atomic E-state index is 12.6. The van der Waals surface area contributed by atoms with E-state index in [1.165, 1.54) is 30.5 Å². The van der Waals surface area contributed by atoms with Crippen LogP contribution in [0.15, 0.2) is 65.7 Å². The van der Waals surface area contributed by atoms with Crippen molar-refractivity contribution in [2.24, 2.45) is 0 Å². The highest BCUT2D eigenvalue weighted by Gasteiger charge is 2.20. The van der Waals surface area contributed by atoms with Crippen LogP contribution < -0.4 is 14.8 Å². The number of sulfonamides is 1. The van der Waals surface area contributed by atoms with Gasteiger partial charge in [-0.25, -0.2) is 23.1 Å². The van der Waals surface area contributed by atoms with Gasteiger partial charge in [0.2, 0.25) is 5.95 Å². The molecule has 1 unspecified atom stereocenters. The molecule has 0 spiro atoms. The van der Waals surface area contributed by atoms with E-state index in [-0.39, 0.29) is 16.8 Å². The number of aryl methyl sites for hydroxylation is 1. The Bertz CT molecular complexity index is 1170. The highest BCUT2D eigenvalue weighted by molar-refractivity contribution is 7.92. The molecule has 0 aliphatic rings. The fourth-order valence-corrected chi connectivity index (χ4v) is 3.78. The van der Waals surface area contributed by atoms with Crippen molar-refractivity contribution in [1.82, 2.24) is 9.97 Å². The maximum Gasteiger partial charge on any atom is 0.265 e. The molecule has 3 aromatic rings. The van der Waals surface area contributed by atoms with Crippen molar-refractivity contribution in [3.8, 4) is 5.75 Å². The Morgan fingerprint density at radius 1 is 1.16 bits per heavy atom. The zero-order valence-corrected chi connectivity index (χ0v) is 18.4. The van der Waals surface area contributed by atoms with Crippen LogP contribution in [0.25, 0.3) is 0 Å². The molecule has 1 aromatic heterocycles. The molecular weight excluding hydrogens is 440 g/mol. The minimum absolute atomic E-state index is 0.0119. The van der Waals surface area contributed by atoms with E-state index in [9.17, 15) is 13.2 Å². The summed E-state index contributed by atoms with van der Waals surface area (Å²) < 4.78 is 33.1. The lowest BCUT2D eigenvalue weighted by Crippen LogP contribution is -2.32. The van der Waals surface area contributed by atoms with E-state index in [2.05, 4.69) is 20.0 Å². The lowest BCUT2D eigenvalue weighted by Gasteiger charge is -2.17. The number of anilines is 2. The van der Waals surface area contributed by atoms with Crippen LogP contribution in [0.1, 0.15) is 19.0 Å². The van der Waals surface area contributed by atoms with Crippen molar-refractivity contribution in [1.29, 1.82) is 0 Å². The summed E-state index contributed by atoms with van der Waals surface area (Å²) in [4.78, 5) is 20.5. The number of carbonyl (C=O) groups excluding carboxylic acids is 1. The summed E-state index contributed by atoms with van der Waals surface area (Å²) in [5.74, 6) is 0.117. The van der Waals surface area contributed by atoms with E-state index < -0.39 is 16.1 Å². The van der Waals surface area contributed by atoms with Gasteiger partial charge in [0.05, 0.1) is 4.90 Å². The number of ether oxygens (including phenoxy) is 1. The molecule has 3 rings (SSSR count). The molecule has 0 aliphatic carbocycles. The first-order valence-corrected chi connectivity index (χ1v) is 11.3. The van der Waals surface area contributed by atoms with Gasteiger partial charge in [-0.15, -0.1) is 0 Å². The molecule has 2 aromatic carbocycles. The van der Waals surface area contributed by atoms with E-state index in [0.29, 0.717) is 28.6 Å². The van der Waals surface area contributed by atoms with E-state index in [1.54, 1.807) is 37.3 Å². The molecule has 0 saturated carbocycles. The quantitative estimate of drug-likeness (QED) is 0.525. The van der Waals surface area contributed by atoms with Crippen LogP contribution in [-0.2, 0) is 14.8 Å². The Morgan fingerprint density at radius 2 is 1.90 bits per heavy atom. The van der Waals surface area contributed by atoms with Gasteiger partial charge in [-0.3, -0.25) is 4.79 Å². The zero-order valence-electron chi connectivity index (χ0n) is 16.9. The smallest absolute Gasteiger partial charge is 0.265 e. The molecule has 0 radical (unpaired) electrons. The summed E-state index contributed by atoms with van der Waals surface area (Å²) in [7, 11) is -3.87. The van der Waals surface area contributed by atoms with E-state index in [0.717, 1.165) is 0 Å². The lowest BCUT2D eigenvalue weighted by atomic mass is 10.2. The molecule has 10 heteroatoms. The summed E-state index contributed by atoms with van der Waals surface area (Å²) in [6.07, 6.45) is 1.17. The summed E-state index contributed by atoms with van der Waals surface area (Å²) in [5, 5.41) is 3.24. The van der Waals surface area contributed by atoms with Gasteiger partial charge in [-0.05, 0) is 61.9 Å². The van der Waals surface area contributed by atoms with Gasteiger partial charge in [-0.1, -0.05) is 24.6 Å². The number of nitrogens with zero attached hydrogens (tertiary/aromatic N) is 2. The number of halogens is 1. The predicted molar refractivity (Wildman–Crippen MR) is 119 cm³/mol. The van der Waals surface area contributed by atoms with Crippen LogP contribution in [0.4, 0.5) is 11.6 Å². The third-order valence-corrected chi connectivity index (χ3v) is 5.77. The monoisotopic (exact) mass is 460 g/mol. The van der Waals surface area contributed by atoms with Gasteiger partial charge >= 0.3 is 0 Å². The minimum atomic E-state index is -3.87. The SMILES string of the molecule is CCC(Oc1cccc(Cl)c1)C(=O)Nc1ccc(S(=O)(=O)Nc2nccc(C)n2)cc1. The van der Waals surface area contributed by atoms with Gasteiger partial charge in [0.15, 0.2) is 6.10 Å². The van der Waals surface area contributed by atoms with Crippen LogP contribution in [0.2, 0.25) is 5.02 Å². The lowest BCUT2D eigenvalue weighted by molar-refractivity contribution is -0.122. The summed E-state index contributed by atoms with van der Waals surface area (Å²) in [6, 6.07) is 14.2. The summed E-state index contributed by atoms with van der Waals surface area (Å²) in [5.41, 5.74) is 1.07. The fraction of sp³-hybridized carbons (Fsp3) is 0.190. The van der Waals surface area contributed by atoms with Crippen LogP contribution in [-0.4, -0.2) is 30.4 Å². The molecule has 162 valence electrons. The molecule has 8 nitrogen and oxygen atoms in total. The molecule has 1 atom stereocenters. The maximum absolute atomic E-state index is 12.6. The molecule has 0 aliphatic heterocycles. The van der Waals surface area contributed by atoms with E-state index in [1.807, 2.05) is 6.92 Å². The molecule has 31 heavy (non-hydrogen) atoms. The van der Waals surface area contributed by atoms with Gasteiger partial charge in [0.25, 0.3) is 15.9 Å². The number of aromatic nitrogens is 2.